The van der Waals surface area contributed by atoms with Crippen molar-refractivity contribution in [3.63, 3.8) is 0 Å². The Hall–Kier alpha value is -1.18. The van der Waals surface area contributed by atoms with Gasteiger partial charge in [-0.25, -0.2) is 0 Å². The van der Waals surface area contributed by atoms with Crippen LogP contribution in [0.25, 0.3) is 0 Å². The van der Waals surface area contributed by atoms with E-state index in [1.165, 1.54) is 30.6 Å². The van der Waals surface area contributed by atoms with E-state index in [-0.39, 0.29) is 0 Å². The average Bonchev–Trinajstić information content (AvgIpc) is 2.79. The van der Waals surface area contributed by atoms with E-state index in [4.69, 9.17) is 0 Å². The molecule has 1 saturated carbocycles. The standard InChI is InChI=1S/C16H26N2/c1-4-18(5-2)15-11-9-14(10-12-15)17-16-8-6-7-13(16)3/h9-13,16-17H,4-8H2,1-3H3. The third kappa shape index (κ3) is 2.98. The molecule has 0 bridgehead atoms. The molecular formula is C16H26N2. The zero-order valence-electron chi connectivity index (χ0n) is 11.9. The number of benzene rings is 1. The van der Waals surface area contributed by atoms with Gasteiger partial charge in [0.2, 0.25) is 0 Å². The van der Waals surface area contributed by atoms with Crippen LogP contribution in [0, 0.1) is 5.92 Å². The van der Waals surface area contributed by atoms with Crippen LogP contribution < -0.4 is 10.2 Å². The van der Waals surface area contributed by atoms with Crippen LogP contribution in [0.3, 0.4) is 0 Å². The molecule has 1 fully saturated rings. The molecular weight excluding hydrogens is 220 g/mol. The maximum atomic E-state index is 3.67. The Labute approximate surface area is 111 Å². The molecule has 2 nitrogen and oxygen atoms in total. The normalized spacial score (nSPS) is 23.1. The minimum absolute atomic E-state index is 0.671. The summed E-state index contributed by atoms with van der Waals surface area (Å²) in [5, 5.41) is 3.67. The highest BCUT2D eigenvalue weighted by atomic mass is 15.1. The molecule has 100 valence electrons. The van der Waals surface area contributed by atoms with E-state index in [0.29, 0.717) is 6.04 Å². The van der Waals surface area contributed by atoms with Crippen molar-refractivity contribution < 1.29 is 0 Å². The zero-order valence-corrected chi connectivity index (χ0v) is 11.9. The Bertz CT molecular complexity index is 354. The smallest absolute Gasteiger partial charge is 0.0367 e. The first-order valence-corrected chi connectivity index (χ1v) is 7.36. The number of nitrogens with one attached hydrogen (secondary N) is 1. The molecule has 2 heteroatoms. The molecule has 0 amide bonds. The van der Waals surface area contributed by atoms with Crippen LogP contribution in [0.1, 0.15) is 40.0 Å². The molecule has 2 unspecified atom stereocenters. The third-order valence-electron chi connectivity index (χ3n) is 4.21. The van der Waals surface area contributed by atoms with Gasteiger partial charge in [0, 0.05) is 30.5 Å². The largest absolute Gasteiger partial charge is 0.382 e. The summed E-state index contributed by atoms with van der Waals surface area (Å²) >= 11 is 0. The number of anilines is 2. The monoisotopic (exact) mass is 246 g/mol. The average molecular weight is 246 g/mol. The van der Waals surface area contributed by atoms with E-state index in [2.05, 4.69) is 55.3 Å². The summed E-state index contributed by atoms with van der Waals surface area (Å²) in [5.41, 5.74) is 2.59. The topological polar surface area (TPSA) is 15.3 Å². The lowest BCUT2D eigenvalue weighted by atomic mass is 10.1. The van der Waals surface area contributed by atoms with Gasteiger partial charge in [-0.05, 0) is 56.9 Å². The zero-order chi connectivity index (χ0) is 13.0. The minimum atomic E-state index is 0.671. The summed E-state index contributed by atoms with van der Waals surface area (Å²) < 4.78 is 0. The molecule has 1 aromatic carbocycles. The summed E-state index contributed by atoms with van der Waals surface area (Å²) in [6.45, 7) is 8.91. The van der Waals surface area contributed by atoms with Crippen molar-refractivity contribution >= 4 is 11.4 Å². The minimum Gasteiger partial charge on any atom is -0.382 e. The summed E-state index contributed by atoms with van der Waals surface area (Å²) in [6.07, 6.45) is 4.06. The van der Waals surface area contributed by atoms with E-state index in [1.807, 2.05) is 0 Å². The van der Waals surface area contributed by atoms with Crippen LogP contribution in [0.4, 0.5) is 11.4 Å². The summed E-state index contributed by atoms with van der Waals surface area (Å²) in [4.78, 5) is 2.38. The Morgan fingerprint density at radius 2 is 1.78 bits per heavy atom. The van der Waals surface area contributed by atoms with E-state index in [0.717, 1.165) is 19.0 Å². The molecule has 1 N–H and O–H groups in total. The van der Waals surface area contributed by atoms with Gasteiger partial charge in [0.15, 0.2) is 0 Å². The number of rotatable bonds is 5. The Balaban J connectivity index is 1.99. The van der Waals surface area contributed by atoms with Gasteiger partial charge in [0.05, 0.1) is 0 Å². The molecule has 18 heavy (non-hydrogen) atoms. The quantitative estimate of drug-likeness (QED) is 0.840. The van der Waals surface area contributed by atoms with Gasteiger partial charge in [0.1, 0.15) is 0 Å². The van der Waals surface area contributed by atoms with Crippen molar-refractivity contribution in [3.8, 4) is 0 Å². The highest BCUT2D eigenvalue weighted by Crippen LogP contribution is 2.28. The Morgan fingerprint density at radius 1 is 1.11 bits per heavy atom. The highest BCUT2D eigenvalue weighted by Gasteiger charge is 2.22. The van der Waals surface area contributed by atoms with Crippen LogP contribution in [0.2, 0.25) is 0 Å². The first-order chi connectivity index (χ1) is 8.74. The molecule has 0 saturated heterocycles. The Kier molecular flexibility index (Phi) is 4.51. The second-order valence-electron chi connectivity index (χ2n) is 5.38. The van der Waals surface area contributed by atoms with E-state index < -0.39 is 0 Å². The fourth-order valence-electron chi connectivity index (χ4n) is 2.93. The summed E-state index contributed by atoms with van der Waals surface area (Å²) in [6, 6.07) is 9.57. The lowest BCUT2D eigenvalue weighted by Gasteiger charge is -2.22. The lowest BCUT2D eigenvalue weighted by molar-refractivity contribution is 0.556. The van der Waals surface area contributed by atoms with Crippen molar-refractivity contribution in [2.24, 2.45) is 5.92 Å². The SMILES string of the molecule is CCN(CC)c1ccc(NC2CCCC2C)cc1. The van der Waals surface area contributed by atoms with Crippen LogP contribution in [0.5, 0.6) is 0 Å². The van der Waals surface area contributed by atoms with Gasteiger partial charge in [0.25, 0.3) is 0 Å². The van der Waals surface area contributed by atoms with Crippen molar-refractivity contribution in [2.45, 2.75) is 46.1 Å². The molecule has 1 aliphatic rings. The number of hydrogen-bond donors (Lipinski definition) is 1. The van der Waals surface area contributed by atoms with Crippen molar-refractivity contribution in [1.82, 2.24) is 0 Å². The molecule has 1 aliphatic carbocycles. The van der Waals surface area contributed by atoms with Gasteiger partial charge < -0.3 is 10.2 Å². The summed E-state index contributed by atoms with van der Waals surface area (Å²) in [7, 11) is 0. The van der Waals surface area contributed by atoms with Crippen LogP contribution in [-0.2, 0) is 0 Å². The molecule has 2 rings (SSSR count). The maximum Gasteiger partial charge on any atom is 0.0367 e. The molecule has 0 spiro atoms. The molecule has 0 radical (unpaired) electrons. The summed E-state index contributed by atoms with van der Waals surface area (Å²) in [5.74, 6) is 0.812. The van der Waals surface area contributed by atoms with Crippen molar-refractivity contribution in [3.05, 3.63) is 24.3 Å². The van der Waals surface area contributed by atoms with Crippen molar-refractivity contribution in [2.75, 3.05) is 23.3 Å². The first kappa shape index (κ1) is 13.3. The maximum absolute atomic E-state index is 3.67. The van der Waals surface area contributed by atoms with Gasteiger partial charge in [-0.15, -0.1) is 0 Å². The van der Waals surface area contributed by atoms with Crippen LogP contribution in [-0.4, -0.2) is 19.1 Å². The highest BCUT2D eigenvalue weighted by molar-refractivity contribution is 5.55. The second kappa shape index (κ2) is 6.12. The van der Waals surface area contributed by atoms with Gasteiger partial charge in [-0.3, -0.25) is 0 Å². The Morgan fingerprint density at radius 3 is 2.28 bits per heavy atom. The molecule has 0 heterocycles. The predicted octanol–water partition coefficient (Wildman–Crippen LogP) is 4.13. The predicted molar refractivity (Wildman–Crippen MR) is 80.4 cm³/mol. The van der Waals surface area contributed by atoms with Crippen LogP contribution in [0.15, 0.2) is 24.3 Å². The molecule has 1 aromatic rings. The van der Waals surface area contributed by atoms with E-state index in [1.54, 1.807) is 0 Å². The fraction of sp³-hybridized carbons (Fsp3) is 0.625. The molecule has 2 atom stereocenters. The van der Waals surface area contributed by atoms with Gasteiger partial charge >= 0.3 is 0 Å². The number of nitrogens with zero attached hydrogens (tertiary/aromatic N) is 1. The molecule has 0 aliphatic heterocycles. The lowest BCUT2D eigenvalue weighted by Crippen LogP contribution is -2.23. The van der Waals surface area contributed by atoms with E-state index >= 15 is 0 Å². The first-order valence-electron chi connectivity index (χ1n) is 7.36. The third-order valence-corrected chi connectivity index (χ3v) is 4.21. The van der Waals surface area contributed by atoms with E-state index in [9.17, 15) is 0 Å². The van der Waals surface area contributed by atoms with Crippen LogP contribution >= 0.6 is 0 Å². The van der Waals surface area contributed by atoms with Crippen molar-refractivity contribution in [1.29, 1.82) is 0 Å². The molecule has 0 aromatic heterocycles. The fourth-order valence-corrected chi connectivity index (χ4v) is 2.93. The number of hydrogen-bond acceptors (Lipinski definition) is 2. The van der Waals surface area contributed by atoms with Gasteiger partial charge in [-0.1, -0.05) is 13.3 Å². The van der Waals surface area contributed by atoms with Gasteiger partial charge in [-0.2, -0.15) is 0 Å². The second-order valence-corrected chi connectivity index (χ2v) is 5.38.